The van der Waals surface area contributed by atoms with Crippen molar-refractivity contribution in [2.45, 2.75) is 0 Å². The SMILES string of the molecule is COc1ncc(-c2cc(C(=O)O)co2)cn1. The van der Waals surface area contributed by atoms with Gasteiger partial charge in [0.05, 0.1) is 18.2 Å². The number of hydrogen-bond donors (Lipinski definition) is 1. The number of carboxylic acid groups (broad SMARTS) is 1. The Hall–Kier alpha value is -2.37. The van der Waals surface area contributed by atoms with E-state index < -0.39 is 5.97 Å². The lowest BCUT2D eigenvalue weighted by Crippen LogP contribution is -1.92. The van der Waals surface area contributed by atoms with Gasteiger partial charge in [-0.1, -0.05) is 0 Å². The van der Waals surface area contributed by atoms with Crippen LogP contribution < -0.4 is 4.74 Å². The third kappa shape index (κ3) is 1.85. The zero-order chi connectivity index (χ0) is 11.5. The van der Waals surface area contributed by atoms with Crippen molar-refractivity contribution in [2.24, 2.45) is 0 Å². The van der Waals surface area contributed by atoms with Crippen LogP contribution in [0, 0.1) is 0 Å². The van der Waals surface area contributed by atoms with Crippen LogP contribution in [0.25, 0.3) is 11.3 Å². The van der Waals surface area contributed by atoms with Gasteiger partial charge < -0.3 is 14.3 Å². The van der Waals surface area contributed by atoms with Gasteiger partial charge in [0.15, 0.2) is 0 Å². The first kappa shape index (κ1) is 10.2. The van der Waals surface area contributed by atoms with Crippen molar-refractivity contribution in [3.05, 3.63) is 30.3 Å². The number of furan rings is 1. The number of nitrogens with zero attached hydrogens (tertiary/aromatic N) is 2. The van der Waals surface area contributed by atoms with Crippen LogP contribution in [0.4, 0.5) is 0 Å². The fraction of sp³-hybridized carbons (Fsp3) is 0.100. The molecule has 0 radical (unpaired) electrons. The van der Waals surface area contributed by atoms with Crippen molar-refractivity contribution < 1.29 is 19.1 Å². The van der Waals surface area contributed by atoms with Gasteiger partial charge in [0.2, 0.25) is 0 Å². The monoisotopic (exact) mass is 220 g/mol. The molecule has 0 spiro atoms. The molecule has 6 nitrogen and oxygen atoms in total. The second-order valence-electron chi connectivity index (χ2n) is 2.96. The van der Waals surface area contributed by atoms with E-state index in [1.165, 1.54) is 31.8 Å². The molecule has 0 aliphatic heterocycles. The lowest BCUT2D eigenvalue weighted by molar-refractivity contribution is 0.0696. The smallest absolute Gasteiger partial charge is 0.338 e. The first-order valence-corrected chi connectivity index (χ1v) is 4.39. The summed E-state index contributed by atoms with van der Waals surface area (Å²) >= 11 is 0. The van der Waals surface area contributed by atoms with Gasteiger partial charge in [-0.15, -0.1) is 0 Å². The minimum atomic E-state index is -1.04. The van der Waals surface area contributed by atoms with E-state index in [-0.39, 0.29) is 11.6 Å². The summed E-state index contributed by atoms with van der Waals surface area (Å²) in [5.74, 6) is -0.635. The third-order valence-corrected chi connectivity index (χ3v) is 1.94. The van der Waals surface area contributed by atoms with Crippen LogP contribution in [0.3, 0.4) is 0 Å². The van der Waals surface area contributed by atoms with E-state index in [9.17, 15) is 4.79 Å². The van der Waals surface area contributed by atoms with Crippen LogP contribution in [0.1, 0.15) is 10.4 Å². The summed E-state index contributed by atoms with van der Waals surface area (Å²) in [6.45, 7) is 0. The highest BCUT2D eigenvalue weighted by molar-refractivity contribution is 5.88. The topological polar surface area (TPSA) is 85.5 Å². The number of hydrogen-bond acceptors (Lipinski definition) is 5. The molecule has 82 valence electrons. The Labute approximate surface area is 90.5 Å². The molecule has 0 aliphatic rings. The quantitative estimate of drug-likeness (QED) is 0.842. The first-order chi connectivity index (χ1) is 7.70. The lowest BCUT2D eigenvalue weighted by Gasteiger charge is -1.97. The fourth-order valence-corrected chi connectivity index (χ4v) is 1.15. The van der Waals surface area contributed by atoms with Gasteiger partial charge in [-0.3, -0.25) is 0 Å². The normalized spacial score (nSPS) is 10.1. The molecule has 0 fully saturated rings. The van der Waals surface area contributed by atoms with Gasteiger partial charge in [0, 0.05) is 12.4 Å². The third-order valence-electron chi connectivity index (χ3n) is 1.94. The summed E-state index contributed by atoms with van der Waals surface area (Å²) in [4.78, 5) is 18.4. The van der Waals surface area contributed by atoms with E-state index in [0.717, 1.165) is 0 Å². The second kappa shape index (κ2) is 4.01. The first-order valence-electron chi connectivity index (χ1n) is 4.39. The standard InChI is InChI=1S/C10H8N2O4/c1-15-10-11-3-7(4-12-10)8-2-6(5-16-8)9(13)14/h2-5H,1H3,(H,13,14). The van der Waals surface area contributed by atoms with E-state index in [2.05, 4.69) is 9.97 Å². The predicted octanol–water partition coefficient (Wildman–Crippen LogP) is 1.44. The van der Waals surface area contributed by atoms with Gasteiger partial charge in [0.25, 0.3) is 0 Å². The highest BCUT2D eigenvalue weighted by Crippen LogP contribution is 2.21. The molecule has 6 heteroatoms. The fourth-order valence-electron chi connectivity index (χ4n) is 1.15. The molecule has 2 aromatic heterocycles. The molecule has 1 N–H and O–H groups in total. The van der Waals surface area contributed by atoms with Crippen LogP contribution in [0.5, 0.6) is 6.01 Å². The van der Waals surface area contributed by atoms with Crippen molar-refractivity contribution in [1.29, 1.82) is 0 Å². The van der Waals surface area contributed by atoms with Gasteiger partial charge in [-0.25, -0.2) is 14.8 Å². The molecular weight excluding hydrogens is 212 g/mol. The average molecular weight is 220 g/mol. The summed E-state index contributed by atoms with van der Waals surface area (Å²) in [6, 6.07) is 1.65. The Balaban J connectivity index is 2.31. The minimum Gasteiger partial charge on any atom is -0.478 e. The maximum atomic E-state index is 10.6. The van der Waals surface area contributed by atoms with E-state index in [0.29, 0.717) is 11.3 Å². The van der Waals surface area contributed by atoms with E-state index in [1.54, 1.807) is 0 Å². The molecular formula is C10H8N2O4. The average Bonchev–Trinajstić information content (AvgIpc) is 2.78. The molecule has 0 bridgehead atoms. The van der Waals surface area contributed by atoms with E-state index >= 15 is 0 Å². The second-order valence-corrected chi connectivity index (χ2v) is 2.96. The highest BCUT2D eigenvalue weighted by atomic mass is 16.5. The van der Waals surface area contributed by atoms with Crippen LogP contribution >= 0.6 is 0 Å². The zero-order valence-corrected chi connectivity index (χ0v) is 8.38. The summed E-state index contributed by atoms with van der Waals surface area (Å²) < 4.78 is 9.89. The number of carboxylic acids is 1. The summed E-state index contributed by atoms with van der Waals surface area (Å²) in [7, 11) is 1.46. The van der Waals surface area contributed by atoms with Gasteiger partial charge in [-0.05, 0) is 6.07 Å². The molecule has 0 saturated heterocycles. The maximum Gasteiger partial charge on any atom is 0.338 e. The number of methoxy groups -OCH3 is 1. The highest BCUT2D eigenvalue weighted by Gasteiger charge is 2.10. The minimum absolute atomic E-state index is 0.0887. The molecule has 0 unspecified atom stereocenters. The largest absolute Gasteiger partial charge is 0.478 e. The summed E-state index contributed by atoms with van der Waals surface area (Å²) in [5.41, 5.74) is 0.680. The molecule has 2 rings (SSSR count). The van der Waals surface area contributed by atoms with Crippen molar-refractivity contribution in [3.8, 4) is 17.3 Å². The number of ether oxygens (including phenoxy) is 1. The van der Waals surface area contributed by atoms with Crippen molar-refractivity contribution in [2.75, 3.05) is 7.11 Å². The molecule has 2 heterocycles. The number of aromatic carboxylic acids is 1. The Morgan fingerprint density at radius 2 is 2.12 bits per heavy atom. The Kier molecular flexibility index (Phi) is 2.55. The van der Waals surface area contributed by atoms with Crippen LogP contribution in [-0.2, 0) is 0 Å². The van der Waals surface area contributed by atoms with E-state index in [4.69, 9.17) is 14.3 Å². The lowest BCUT2D eigenvalue weighted by atomic mass is 10.2. The van der Waals surface area contributed by atoms with Crippen LogP contribution in [0.2, 0.25) is 0 Å². The molecule has 16 heavy (non-hydrogen) atoms. The van der Waals surface area contributed by atoms with Crippen molar-refractivity contribution in [3.63, 3.8) is 0 Å². The van der Waals surface area contributed by atoms with E-state index in [1.807, 2.05) is 0 Å². The molecule has 0 amide bonds. The van der Waals surface area contributed by atoms with Gasteiger partial charge in [-0.2, -0.15) is 0 Å². The number of carbonyl (C=O) groups is 1. The zero-order valence-electron chi connectivity index (χ0n) is 8.38. The number of rotatable bonds is 3. The van der Waals surface area contributed by atoms with Crippen molar-refractivity contribution in [1.82, 2.24) is 9.97 Å². The summed E-state index contributed by atoms with van der Waals surface area (Å²) in [6.07, 6.45) is 4.16. The van der Waals surface area contributed by atoms with Crippen LogP contribution in [-0.4, -0.2) is 28.2 Å². The van der Waals surface area contributed by atoms with Crippen molar-refractivity contribution >= 4 is 5.97 Å². The van der Waals surface area contributed by atoms with Gasteiger partial charge in [0.1, 0.15) is 12.0 Å². The number of aromatic nitrogens is 2. The summed E-state index contributed by atoms with van der Waals surface area (Å²) in [5, 5.41) is 8.72. The Bertz CT molecular complexity index is 504. The molecule has 0 aromatic carbocycles. The maximum absolute atomic E-state index is 10.6. The Morgan fingerprint density at radius 1 is 1.44 bits per heavy atom. The van der Waals surface area contributed by atoms with Crippen LogP contribution in [0.15, 0.2) is 29.1 Å². The molecule has 0 atom stereocenters. The predicted molar refractivity (Wildman–Crippen MR) is 53.2 cm³/mol. The molecule has 2 aromatic rings. The molecule has 0 aliphatic carbocycles. The van der Waals surface area contributed by atoms with Gasteiger partial charge >= 0.3 is 12.0 Å². The Morgan fingerprint density at radius 3 is 2.62 bits per heavy atom. The molecule has 0 saturated carbocycles.